The van der Waals surface area contributed by atoms with Crippen molar-refractivity contribution in [1.82, 2.24) is 15.1 Å². The molecule has 2 amide bonds. The van der Waals surface area contributed by atoms with Gasteiger partial charge in [0.2, 0.25) is 5.91 Å². The van der Waals surface area contributed by atoms with Crippen molar-refractivity contribution < 1.29 is 14.0 Å². The Bertz CT molecular complexity index is 1020. The van der Waals surface area contributed by atoms with Crippen LogP contribution in [0.15, 0.2) is 48.7 Å². The van der Waals surface area contributed by atoms with E-state index in [1.165, 1.54) is 48.5 Å². The molecule has 3 aromatic rings. The summed E-state index contributed by atoms with van der Waals surface area (Å²) < 4.78 is 13.1. The van der Waals surface area contributed by atoms with Gasteiger partial charge in [-0.2, -0.15) is 5.10 Å². The molecule has 0 bridgehead atoms. The first-order valence-electron chi connectivity index (χ1n) is 8.15. The molecular formula is C19H15Cl2FN4O2. The molecule has 0 fully saturated rings. The largest absolute Gasteiger partial charge is 0.332 e. The van der Waals surface area contributed by atoms with Gasteiger partial charge in [0.05, 0.1) is 34.0 Å². The van der Waals surface area contributed by atoms with E-state index in [1.54, 1.807) is 12.1 Å². The molecule has 6 nitrogen and oxygen atoms in total. The topological polar surface area (TPSA) is 78.1 Å². The molecule has 2 N–H and O–H groups in total. The number of nitrogens with one attached hydrogen (secondary N) is 2. The molecule has 0 saturated heterocycles. The lowest BCUT2D eigenvalue weighted by atomic mass is 10.1. The Morgan fingerprint density at radius 2 is 1.86 bits per heavy atom. The normalized spacial score (nSPS) is 10.6. The number of H-pyrrole nitrogens is 1. The zero-order valence-corrected chi connectivity index (χ0v) is 16.2. The number of carbonyl (C=O) groups is 2. The fourth-order valence-electron chi connectivity index (χ4n) is 2.55. The van der Waals surface area contributed by atoms with Crippen molar-refractivity contribution in [2.24, 2.45) is 0 Å². The fourth-order valence-corrected chi connectivity index (χ4v) is 2.85. The van der Waals surface area contributed by atoms with Gasteiger partial charge in [-0.25, -0.2) is 4.39 Å². The molecule has 28 heavy (non-hydrogen) atoms. The van der Waals surface area contributed by atoms with Gasteiger partial charge in [0.25, 0.3) is 5.91 Å². The number of nitrogens with zero attached hydrogens (tertiary/aromatic N) is 2. The molecule has 2 aromatic carbocycles. The maximum atomic E-state index is 13.1. The highest BCUT2D eigenvalue weighted by atomic mass is 35.5. The van der Waals surface area contributed by atoms with Crippen LogP contribution in [0.4, 0.5) is 10.1 Å². The zero-order valence-electron chi connectivity index (χ0n) is 14.7. The Labute approximate surface area is 170 Å². The molecule has 0 unspecified atom stereocenters. The number of aromatic amines is 1. The maximum Gasteiger partial charge on any atom is 0.257 e. The average Bonchev–Trinajstić information content (AvgIpc) is 3.14. The van der Waals surface area contributed by atoms with E-state index in [0.29, 0.717) is 27.0 Å². The number of benzene rings is 2. The lowest BCUT2D eigenvalue weighted by molar-refractivity contribution is -0.116. The molecule has 1 heterocycles. The lowest BCUT2D eigenvalue weighted by Gasteiger charge is -2.17. The van der Waals surface area contributed by atoms with Gasteiger partial charge >= 0.3 is 0 Å². The van der Waals surface area contributed by atoms with Crippen LogP contribution in [0.1, 0.15) is 10.4 Å². The number of aromatic nitrogens is 2. The van der Waals surface area contributed by atoms with Crippen molar-refractivity contribution in [3.8, 4) is 11.3 Å². The average molecular weight is 421 g/mol. The smallest absolute Gasteiger partial charge is 0.257 e. The summed E-state index contributed by atoms with van der Waals surface area (Å²) in [4.78, 5) is 26.2. The summed E-state index contributed by atoms with van der Waals surface area (Å²) in [5.74, 6) is -1.19. The van der Waals surface area contributed by atoms with Crippen LogP contribution < -0.4 is 5.32 Å². The van der Waals surface area contributed by atoms with E-state index < -0.39 is 11.8 Å². The number of hydrogen-bond acceptors (Lipinski definition) is 3. The predicted octanol–water partition coefficient (Wildman–Crippen LogP) is 4.23. The van der Waals surface area contributed by atoms with Crippen LogP contribution in [0.25, 0.3) is 11.3 Å². The highest BCUT2D eigenvalue weighted by molar-refractivity contribution is 6.42. The van der Waals surface area contributed by atoms with Crippen LogP contribution in [0, 0.1) is 5.82 Å². The predicted molar refractivity (Wildman–Crippen MR) is 106 cm³/mol. The van der Waals surface area contributed by atoms with Gasteiger partial charge in [-0.1, -0.05) is 23.2 Å². The molecule has 0 aliphatic rings. The summed E-state index contributed by atoms with van der Waals surface area (Å²) in [7, 11) is 1.50. The van der Waals surface area contributed by atoms with Crippen LogP contribution in [0.3, 0.4) is 0 Å². The Hall–Kier alpha value is -2.90. The molecule has 1 aromatic heterocycles. The third-order valence-electron chi connectivity index (χ3n) is 3.93. The summed E-state index contributed by atoms with van der Waals surface area (Å²) in [6.45, 7) is -0.187. The van der Waals surface area contributed by atoms with Crippen LogP contribution in [0.5, 0.6) is 0 Å². The molecule has 0 radical (unpaired) electrons. The van der Waals surface area contributed by atoms with Crippen LogP contribution in [-0.4, -0.2) is 40.5 Å². The summed E-state index contributed by atoms with van der Waals surface area (Å²) in [6, 6.07) is 10.3. The molecule has 0 spiro atoms. The van der Waals surface area contributed by atoms with Gasteiger partial charge < -0.3 is 10.2 Å². The monoisotopic (exact) mass is 420 g/mol. The highest BCUT2D eigenvalue weighted by Gasteiger charge is 2.21. The van der Waals surface area contributed by atoms with Crippen molar-refractivity contribution in [3.05, 3.63) is 70.1 Å². The second-order valence-corrected chi connectivity index (χ2v) is 6.82. The van der Waals surface area contributed by atoms with E-state index in [-0.39, 0.29) is 17.9 Å². The van der Waals surface area contributed by atoms with E-state index >= 15 is 0 Å². The lowest BCUT2D eigenvalue weighted by Crippen LogP contribution is -2.35. The SMILES string of the molecule is CN(CC(=O)Nc1ccc(Cl)c(Cl)c1)C(=O)c1cn[nH]c1-c1ccc(F)cc1. The Morgan fingerprint density at radius 3 is 2.54 bits per heavy atom. The first kappa shape index (κ1) is 19.9. The standard InChI is InChI=1S/C19H15Cl2FN4O2/c1-26(10-17(27)24-13-6-7-15(20)16(21)8-13)19(28)14-9-23-25-18(14)11-2-4-12(22)5-3-11/h2-9H,10H2,1H3,(H,23,25)(H,24,27). The van der Waals surface area contributed by atoms with Crippen molar-refractivity contribution in [3.63, 3.8) is 0 Å². The van der Waals surface area contributed by atoms with Gasteiger partial charge in [0.1, 0.15) is 5.82 Å². The minimum Gasteiger partial charge on any atom is -0.332 e. The van der Waals surface area contributed by atoms with Gasteiger partial charge in [-0.3, -0.25) is 14.7 Å². The highest BCUT2D eigenvalue weighted by Crippen LogP contribution is 2.25. The molecule has 144 valence electrons. The molecule has 0 aliphatic heterocycles. The minimum atomic E-state index is -0.405. The van der Waals surface area contributed by atoms with E-state index in [2.05, 4.69) is 15.5 Å². The molecule has 0 saturated carbocycles. The van der Waals surface area contributed by atoms with Crippen LogP contribution >= 0.6 is 23.2 Å². The van der Waals surface area contributed by atoms with Gasteiger partial charge in [-0.15, -0.1) is 0 Å². The third kappa shape index (κ3) is 4.49. The van der Waals surface area contributed by atoms with Gasteiger partial charge in [0.15, 0.2) is 0 Å². The molecule has 0 atom stereocenters. The van der Waals surface area contributed by atoms with Crippen LogP contribution in [0.2, 0.25) is 10.0 Å². The summed E-state index contributed by atoms with van der Waals surface area (Å²) in [5, 5.41) is 9.97. The summed E-state index contributed by atoms with van der Waals surface area (Å²) in [5.41, 5.74) is 1.80. The first-order chi connectivity index (χ1) is 13.3. The summed E-state index contributed by atoms with van der Waals surface area (Å²) >= 11 is 11.8. The second kappa shape index (κ2) is 8.41. The molecule has 9 heteroatoms. The number of halogens is 3. The quantitative estimate of drug-likeness (QED) is 0.647. The van der Waals surface area contributed by atoms with Crippen molar-refractivity contribution in [1.29, 1.82) is 0 Å². The number of amides is 2. The van der Waals surface area contributed by atoms with Crippen molar-refractivity contribution in [2.75, 3.05) is 18.9 Å². The number of hydrogen-bond donors (Lipinski definition) is 2. The molecular weight excluding hydrogens is 406 g/mol. The van der Waals surface area contributed by atoms with E-state index in [1.807, 2.05) is 0 Å². The van der Waals surface area contributed by atoms with Crippen LogP contribution in [-0.2, 0) is 4.79 Å². The number of likely N-dealkylation sites (N-methyl/N-ethyl adjacent to an activating group) is 1. The first-order valence-corrected chi connectivity index (χ1v) is 8.90. The minimum absolute atomic E-state index is 0.187. The number of rotatable bonds is 5. The summed E-state index contributed by atoms with van der Waals surface area (Å²) in [6.07, 6.45) is 1.37. The van der Waals surface area contributed by atoms with E-state index in [9.17, 15) is 14.0 Å². The van der Waals surface area contributed by atoms with Gasteiger partial charge in [-0.05, 0) is 42.5 Å². The Morgan fingerprint density at radius 1 is 1.14 bits per heavy atom. The van der Waals surface area contributed by atoms with Gasteiger partial charge in [0, 0.05) is 18.3 Å². The fraction of sp³-hybridized carbons (Fsp3) is 0.105. The molecule has 3 rings (SSSR count). The molecule has 0 aliphatic carbocycles. The van der Waals surface area contributed by atoms with E-state index in [4.69, 9.17) is 23.2 Å². The second-order valence-electron chi connectivity index (χ2n) is 6.00. The van der Waals surface area contributed by atoms with Crippen molar-refractivity contribution >= 4 is 40.7 Å². The Balaban J connectivity index is 1.69. The number of anilines is 1. The van der Waals surface area contributed by atoms with Crippen molar-refractivity contribution in [2.45, 2.75) is 0 Å². The number of carbonyl (C=O) groups excluding carboxylic acids is 2. The Kier molecular flexibility index (Phi) is 5.96. The third-order valence-corrected chi connectivity index (χ3v) is 4.67. The zero-order chi connectivity index (χ0) is 20.3. The van der Waals surface area contributed by atoms with E-state index in [0.717, 1.165) is 0 Å². The maximum absolute atomic E-state index is 13.1.